The minimum absolute atomic E-state index is 0.0488. The van der Waals surface area contributed by atoms with Crippen LogP contribution in [0.25, 0.3) is 0 Å². The van der Waals surface area contributed by atoms with Gasteiger partial charge in [0.05, 0.1) is 0 Å². The van der Waals surface area contributed by atoms with Crippen molar-refractivity contribution >= 4 is 27.5 Å². The molecule has 0 amide bonds. The van der Waals surface area contributed by atoms with Gasteiger partial charge in [-0.3, -0.25) is 11.3 Å². The summed E-state index contributed by atoms with van der Waals surface area (Å²) in [5.74, 6) is 1.30. The first-order valence-corrected chi connectivity index (χ1v) is 6.67. The summed E-state index contributed by atoms with van der Waals surface area (Å²) >= 11 is 8.89. The summed E-state index contributed by atoms with van der Waals surface area (Å²) in [7, 11) is 0. The third-order valence-electron chi connectivity index (χ3n) is 2.78. The number of hydrazine groups is 1. The van der Waals surface area contributed by atoms with Crippen LogP contribution in [0.15, 0.2) is 22.7 Å². The van der Waals surface area contributed by atoms with Crippen LogP contribution < -0.4 is 11.3 Å². The fourth-order valence-electron chi connectivity index (χ4n) is 1.84. The zero-order chi connectivity index (χ0) is 16.4. The molecule has 0 fully saturated rings. The normalized spacial score (nSPS) is 14.6. The molecule has 1 aromatic rings. The zero-order valence-electron chi connectivity index (χ0n) is 10.2. The van der Waals surface area contributed by atoms with Gasteiger partial charge in [0.15, 0.2) is 5.92 Å². The van der Waals surface area contributed by atoms with Gasteiger partial charge in [-0.1, -0.05) is 33.6 Å². The standard InChI is InChI=1S/C11H10BrClF6N2/c12-6-2-1-5(7(13)4-6)3-8(21-20)9(10(14,15)16)11(17,18)19/h1-2,4,8-9,21H,3,20H2. The zero-order valence-corrected chi connectivity index (χ0v) is 12.5. The first-order valence-electron chi connectivity index (χ1n) is 5.50. The average molecular weight is 400 g/mol. The molecule has 0 saturated heterocycles. The first kappa shape index (κ1) is 18.5. The molecule has 21 heavy (non-hydrogen) atoms. The molecule has 0 aliphatic carbocycles. The van der Waals surface area contributed by atoms with E-state index in [2.05, 4.69) is 15.9 Å². The van der Waals surface area contributed by atoms with E-state index in [1.54, 1.807) is 5.43 Å². The van der Waals surface area contributed by atoms with Crippen LogP contribution in [0.5, 0.6) is 0 Å². The molecule has 3 N–H and O–H groups in total. The Balaban J connectivity index is 3.10. The number of nitrogens with two attached hydrogens (primary N) is 1. The Morgan fingerprint density at radius 3 is 2.05 bits per heavy atom. The second-order valence-corrected chi connectivity index (χ2v) is 5.60. The van der Waals surface area contributed by atoms with Crippen LogP contribution in [0.2, 0.25) is 5.02 Å². The van der Waals surface area contributed by atoms with Crippen molar-refractivity contribution in [3.8, 4) is 0 Å². The summed E-state index contributed by atoms with van der Waals surface area (Å²) in [5.41, 5.74) is 1.72. The molecule has 0 heterocycles. The minimum atomic E-state index is -5.48. The van der Waals surface area contributed by atoms with Crippen LogP contribution >= 0.6 is 27.5 Å². The summed E-state index contributed by atoms with van der Waals surface area (Å²) in [5, 5.41) is 0.0488. The molecule has 0 aliphatic rings. The lowest BCUT2D eigenvalue weighted by Crippen LogP contribution is -2.54. The van der Waals surface area contributed by atoms with Crippen molar-refractivity contribution in [1.29, 1.82) is 0 Å². The SMILES string of the molecule is NNC(Cc1ccc(Br)cc1Cl)C(C(F)(F)F)C(F)(F)F. The Hall–Kier alpha value is -0.510. The maximum Gasteiger partial charge on any atom is 0.402 e. The van der Waals surface area contributed by atoms with Crippen molar-refractivity contribution in [3.05, 3.63) is 33.3 Å². The van der Waals surface area contributed by atoms with Gasteiger partial charge in [0.1, 0.15) is 0 Å². The molecule has 120 valence electrons. The van der Waals surface area contributed by atoms with Gasteiger partial charge in [0.2, 0.25) is 0 Å². The monoisotopic (exact) mass is 398 g/mol. The highest BCUT2D eigenvalue weighted by Crippen LogP contribution is 2.42. The Kier molecular flexibility index (Phi) is 5.93. The summed E-state index contributed by atoms with van der Waals surface area (Å²) in [4.78, 5) is 0. The number of halogens is 8. The number of alkyl halides is 6. The molecule has 0 aromatic heterocycles. The van der Waals surface area contributed by atoms with E-state index in [0.717, 1.165) is 0 Å². The van der Waals surface area contributed by atoms with Crippen LogP contribution in [0.4, 0.5) is 26.3 Å². The largest absolute Gasteiger partial charge is 0.402 e. The fraction of sp³-hybridized carbons (Fsp3) is 0.455. The maximum absolute atomic E-state index is 12.7. The topological polar surface area (TPSA) is 38.0 Å². The van der Waals surface area contributed by atoms with Crippen LogP contribution in [-0.2, 0) is 6.42 Å². The fourth-order valence-corrected chi connectivity index (χ4v) is 2.59. The lowest BCUT2D eigenvalue weighted by molar-refractivity contribution is -0.291. The van der Waals surface area contributed by atoms with Gasteiger partial charge in [-0.2, -0.15) is 26.3 Å². The first-order chi connectivity index (χ1) is 9.46. The summed E-state index contributed by atoms with van der Waals surface area (Å²) < 4.78 is 76.5. The molecule has 1 rings (SSSR count). The lowest BCUT2D eigenvalue weighted by Gasteiger charge is -2.30. The van der Waals surface area contributed by atoms with Crippen molar-refractivity contribution in [1.82, 2.24) is 5.43 Å². The predicted octanol–water partition coefficient (Wildman–Crippen LogP) is 4.22. The number of hydrogen-bond acceptors (Lipinski definition) is 2. The summed E-state index contributed by atoms with van der Waals surface area (Å²) in [6.07, 6.45) is -11.6. The molecule has 10 heteroatoms. The molecular formula is C11H10BrClF6N2. The Morgan fingerprint density at radius 1 is 1.14 bits per heavy atom. The summed E-state index contributed by atoms with van der Waals surface area (Å²) in [6, 6.07) is 2.09. The van der Waals surface area contributed by atoms with E-state index in [1.807, 2.05) is 0 Å². The van der Waals surface area contributed by atoms with Gasteiger partial charge in [-0.05, 0) is 24.1 Å². The Labute approximate surface area is 129 Å². The van der Waals surface area contributed by atoms with Crippen molar-refractivity contribution in [3.63, 3.8) is 0 Å². The third kappa shape index (κ3) is 5.01. The Morgan fingerprint density at radius 2 is 1.67 bits per heavy atom. The van der Waals surface area contributed by atoms with Crippen molar-refractivity contribution < 1.29 is 26.3 Å². The molecule has 1 atom stereocenters. The molecule has 0 aliphatic heterocycles. The molecular weight excluding hydrogens is 389 g/mol. The third-order valence-corrected chi connectivity index (χ3v) is 3.62. The second kappa shape index (κ2) is 6.72. The van der Waals surface area contributed by atoms with Gasteiger partial charge in [0, 0.05) is 15.5 Å². The maximum atomic E-state index is 12.7. The smallest absolute Gasteiger partial charge is 0.271 e. The second-order valence-electron chi connectivity index (χ2n) is 4.27. The van der Waals surface area contributed by atoms with Crippen LogP contribution in [0.1, 0.15) is 5.56 Å². The van der Waals surface area contributed by atoms with E-state index < -0.39 is 30.7 Å². The quantitative estimate of drug-likeness (QED) is 0.452. The molecule has 0 bridgehead atoms. The van der Waals surface area contributed by atoms with E-state index in [0.29, 0.717) is 4.47 Å². The van der Waals surface area contributed by atoms with Gasteiger partial charge in [-0.15, -0.1) is 0 Å². The number of hydrogen-bond donors (Lipinski definition) is 2. The number of nitrogens with one attached hydrogen (secondary N) is 1. The molecule has 0 radical (unpaired) electrons. The van der Waals surface area contributed by atoms with Crippen molar-refractivity contribution in [2.24, 2.45) is 11.8 Å². The predicted molar refractivity (Wildman–Crippen MR) is 69.6 cm³/mol. The van der Waals surface area contributed by atoms with E-state index in [4.69, 9.17) is 17.4 Å². The summed E-state index contributed by atoms with van der Waals surface area (Å²) in [6.45, 7) is 0. The highest BCUT2D eigenvalue weighted by molar-refractivity contribution is 9.10. The Bertz CT molecular complexity index is 477. The van der Waals surface area contributed by atoms with E-state index >= 15 is 0 Å². The van der Waals surface area contributed by atoms with Crippen LogP contribution in [-0.4, -0.2) is 18.4 Å². The van der Waals surface area contributed by atoms with E-state index in [-0.39, 0.29) is 10.6 Å². The molecule has 2 nitrogen and oxygen atoms in total. The van der Waals surface area contributed by atoms with Crippen LogP contribution in [0, 0.1) is 5.92 Å². The minimum Gasteiger partial charge on any atom is -0.271 e. The van der Waals surface area contributed by atoms with Gasteiger partial charge >= 0.3 is 12.4 Å². The molecule has 1 aromatic carbocycles. The molecule has 0 saturated carbocycles. The molecule has 0 spiro atoms. The highest BCUT2D eigenvalue weighted by atomic mass is 79.9. The molecule has 1 unspecified atom stereocenters. The number of benzene rings is 1. The highest BCUT2D eigenvalue weighted by Gasteiger charge is 2.60. The average Bonchev–Trinajstić information content (AvgIpc) is 2.27. The van der Waals surface area contributed by atoms with Crippen molar-refractivity contribution in [2.75, 3.05) is 0 Å². The van der Waals surface area contributed by atoms with Gasteiger partial charge in [0.25, 0.3) is 0 Å². The van der Waals surface area contributed by atoms with Crippen LogP contribution in [0.3, 0.4) is 0 Å². The number of rotatable bonds is 4. The van der Waals surface area contributed by atoms with E-state index in [9.17, 15) is 26.3 Å². The van der Waals surface area contributed by atoms with Gasteiger partial charge in [-0.25, -0.2) is 0 Å². The lowest BCUT2D eigenvalue weighted by atomic mass is 9.92. The van der Waals surface area contributed by atoms with Gasteiger partial charge < -0.3 is 0 Å². The van der Waals surface area contributed by atoms with Crippen molar-refractivity contribution in [2.45, 2.75) is 24.8 Å². The van der Waals surface area contributed by atoms with E-state index in [1.165, 1.54) is 18.2 Å².